The minimum Gasteiger partial charge on any atom is -0.327 e. The average Bonchev–Trinajstić information content (AvgIpc) is 2.58. The molecule has 0 bridgehead atoms. The SMILES string of the molecule is O=C1NC(NC(=O)c2ccccc2)C(Cl)=C1Cl. The van der Waals surface area contributed by atoms with Crippen molar-refractivity contribution in [3.63, 3.8) is 0 Å². The van der Waals surface area contributed by atoms with Crippen molar-refractivity contribution in [1.82, 2.24) is 10.6 Å². The Morgan fingerprint density at radius 3 is 2.41 bits per heavy atom. The zero-order valence-electron chi connectivity index (χ0n) is 8.54. The van der Waals surface area contributed by atoms with Gasteiger partial charge in [-0.1, -0.05) is 41.4 Å². The largest absolute Gasteiger partial charge is 0.327 e. The molecule has 2 amide bonds. The predicted octanol–water partition coefficient (Wildman–Crippen LogP) is 1.56. The molecule has 0 saturated carbocycles. The molecule has 0 fully saturated rings. The summed E-state index contributed by atoms with van der Waals surface area (Å²) in [7, 11) is 0. The average molecular weight is 271 g/mol. The van der Waals surface area contributed by atoms with Gasteiger partial charge in [0.1, 0.15) is 11.2 Å². The second-order valence-corrected chi connectivity index (χ2v) is 4.19. The van der Waals surface area contributed by atoms with E-state index < -0.39 is 12.1 Å². The molecule has 1 unspecified atom stereocenters. The summed E-state index contributed by atoms with van der Waals surface area (Å²) in [5, 5.41) is 5.01. The van der Waals surface area contributed by atoms with Crippen LogP contribution in [-0.4, -0.2) is 18.0 Å². The second-order valence-electron chi connectivity index (χ2n) is 3.41. The maximum absolute atomic E-state index is 11.8. The zero-order chi connectivity index (χ0) is 12.4. The Bertz CT molecular complexity index is 499. The molecule has 0 aliphatic carbocycles. The van der Waals surface area contributed by atoms with Gasteiger partial charge >= 0.3 is 0 Å². The minimum absolute atomic E-state index is 0.0926. The van der Waals surface area contributed by atoms with Crippen LogP contribution >= 0.6 is 23.2 Å². The van der Waals surface area contributed by atoms with E-state index >= 15 is 0 Å². The van der Waals surface area contributed by atoms with Gasteiger partial charge in [0, 0.05) is 5.56 Å². The monoisotopic (exact) mass is 270 g/mol. The molecule has 2 rings (SSSR count). The Morgan fingerprint density at radius 2 is 1.88 bits per heavy atom. The molecule has 0 spiro atoms. The lowest BCUT2D eigenvalue weighted by Gasteiger charge is -2.13. The van der Waals surface area contributed by atoms with Gasteiger partial charge in [-0.05, 0) is 12.1 Å². The minimum atomic E-state index is -0.760. The van der Waals surface area contributed by atoms with Crippen LogP contribution < -0.4 is 10.6 Å². The Morgan fingerprint density at radius 1 is 1.24 bits per heavy atom. The van der Waals surface area contributed by atoms with Gasteiger partial charge < -0.3 is 10.6 Å². The van der Waals surface area contributed by atoms with Crippen LogP contribution in [0.25, 0.3) is 0 Å². The van der Waals surface area contributed by atoms with Crippen LogP contribution in [0.3, 0.4) is 0 Å². The van der Waals surface area contributed by atoms with Gasteiger partial charge in [-0.3, -0.25) is 9.59 Å². The van der Waals surface area contributed by atoms with Crippen molar-refractivity contribution in [2.24, 2.45) is 0 Å². The quantitative estimate of drug-likeness (QED) is 0.857. The van der Waals surface area contributed by atoms with E-state index in [0.717, 1.165) is 0 Å². The summed E-state index contributed by atoms with van der Waals surface area (Å²) in [6.07, 6.45) is -0.760. The van der Waals surface area contributed by atoms with E-state index in [1.807, 2.05) is 0 Å². The molecule has 88 valence electrons. The van der Waals surface area contributed by atoms with Crippen LogP contribution in [0.1, 0.15) is 10.4 Å². The van der Waals surface area contributed by atoms with Crippen molar-refractivity contribution in [2.75, 3.05) is 0 Å². The third-order valence-electron chi connectivity index (χ3n) is 2.25. The molecule has 0 saturated heterocycles. The summed E-state index contributed by atoms with van der Waals surface area (Å²) < 4.78 is 0. The van der Waals surface area contributed by atoms with Crippen molar-refractivity contribution in [1.29, 1.82) is 0 Å². The number of nitrogens with one attached hydrogen (secondary N) is 2. The Hall–Kier alpha value is -1.52. The highest BCUT2D eigenvalue weighted by Crippen LogP contribution is 2.22. The lowest BCUT2D eigenvalue weighted by molar-refractivity contribution is -0.116. The lowest BCUT2D eigenvalue weighted by Crippen LogP contribution is -2.44. The summed E-state index contributed by atoms with van der Waals surface area (Å²) in [6, 6.07) is 8.60. The molecular weight excluding hydrogens is 263 g/mol. The van der Waals surface area contributed by atoms with Gasteiger partial charge in [-0.15, -0.1) is 0 Å². The van der Waals surface area contributed by atoms with E-state index in [1.54, 1.807) is 30.3 Å². The number of halogens is 2. The predicted molar refractivity (Wildman–Crippen MR) is 64.6 cm³/mol. The first-order valence-corrected chi connectivity index (χ1v) is 5.57. The summed E-state index contributed by atoms with van der Waals surface area (Å²) in [5.41, 5.74) is 0.481. The van der Waals surface area contributed by atoms with Crippen molar-refractivity contribution in [3.8, 4) is 0 Å². The van der Waals surface area contributed by atoms with Crippen LogP contribution in [0.5, 0.6) is 0 Å². The molecule has 0 radical (unpaired) electrons. The van der Waals surface area contributed by atoms with Gasteiger partial charge in [0.05, 0.1) is 5.03 Å². The number of benzene rings is 1. The number of carbonyl (C=O) groups excluding carboxylic acids is 2. The fraction of sp³-hybridized carbons (Fsp3) is 0.0909. The van der Waals surface area contributed by atoms with Crippen molar-refractivity contribution in [2.45, 2.75) is 6.17 Å². The highest BCUT2D eigenvalue weighted by atomic mass is 35.5. The fourth-order valence-electron chi connectivity index (χ4n) is 1.40. The molecule has 1 aromatic rings. The van der Waals surface area contributed by atoms with Crippen LogP contribution in [0.2, 0.25) is 0 Å². The zero-order valence-corrected chi connectivity index (χ0v) is 10.0. The van der Waals surface area contributed by atoms with E-state index in [0.29, 0.717) is 5.56 Å². The molecule has 1 aromatic carbocycles. The molecule has 1 heterocycles. The Kier molecular flexibility index (Phi) is 3.36. The molecule has 1 aliphatic heterocycles. The molecule has 17 heavy (non-hydrogen) atoms. The first-order valence-electron chi connectivity index (χ1n) is 4.81. The normalized spacial score (nSPS) is 19.2. The summed E-state index contributed by atoms with van der Waals surface area (Å²) >= 11 is 11.4. The van der Waals surface area contributed by atoms with Gasteiger partial charge in [-0.25, -0.2) is 0 Å². The summed E-state index contributed by atoms with van der Waals surface area (Å²) in [5.74, 6) is -0.824. The van der Waals surface area contributed by atoms with Gasteiger partial charge in [0.2, 0.25) is 0 Å². The van der Waals surface area contributed by atoms with Crippen LogP contribution in [-0.2, 0) is 4.79 Å². The van der Waals surface area contributed by atoms with Crippen molar-refractivity contribution in [3.05, 3.63) is 46.0 Å². The molecular formula is C11H8Cl2N2O2. The van der Waals surface area contributed by atoms with Crippen LogP contribution in [0.15, 0.2) is 40.4 Å². The highest BCUT2D eigenvalue weighted by Gasteiger charge is 2.30. The summed E-state index contributed by atoms with van der Waals surface area (Å²) in [6.45, 7) is 0. The van der Waals surface area contributed by atoms with Gasteiger partial charge in [0.15, 0.2) is 0 Å². The number of rotatable bonds is 2. The Balaban J connectivity index is 2.09. The lowest BCUT2D eigenvalue weighted by atomic mass is 10.2. The maximum Gasteiger partial charge on any atom is 0.266 e. The number of hydrogen-bond donors (Lipinski definition) is 2. The van der Waals surface area contributed by atoms with Crippen LogP contribution in [0.4, 0.5) is 0 Å². The third-order valence-corrected chi connectivity index (χ3v) is 3.13. The summed E-state index contributed by atoms with van der Waals surface area (Å²) in [4.78, 5) is 22.9. The van der Waals surface area contributed by atoms with E-state index in [4.69, 9.17) is 23.2 Å². The highest BCUT2D eigenvalue weighted by molar-refractivity contribution is 6.49. The molecule has 1 aliphatic rings. The Labute approximate surface area is 108 Å². The number of hydrogen-bond acceptors (Lipinski definition) is 2. The van der Waals surface area contributed by atoms with Gasteiger partial charge in [-0.2, -0.15) is 0 Å². The first kappa shape index (κ1) is 12.0. The van der Waals surface area contributed by atoms with E-state index in [2.05, 4.69) is 10.6 Å². The maximum atomic E-state index is 11.8. The smallest absolute Gasteiger partial charge is 0.266 e. The van der Waals surface area contributed by atoms with Crippen LogP contribution in [0, 0.1) is 0 Å². The van der Waals surface area contributed by atoms with Gasteiger partial charge in [0.25, 0.3) is 11.8 Å². The van der Waals surface area contributed by atoms with Crippen molar-refractivity contribution < 1.29 is 9.59 Å². The molecule has 0 aromatic heterocycles. The van der Waals surface area contributed by atoms with E-state index in [-0.39, 0.29) is 16.0 Å². The topological polar surface area (TPSA) is 58.2 Å². The van der Waals surface area contributed by atoms with Crippen molar-refractivity contribution >= 4 is 35.0 Å². The molecule has 1 atom stereocenters. The standard InChI is InChI=1S/C11H8Cl2N2O2/c12-7-8(13)11(17)15-9(7)14-10(16)6-4-2-1-3-5-6/h1-5,9H,(H,14,16)(H,15,17). The molecule has 4 nitrogen and oxygen atoms in total. The molecule has 6 heteroatoms. The van der Waals surface area contributed by atoms with E-state index in [9.17, 15) is 9.59 Å². The molecule has 2 N–H and O–H groups in total. The number of amides is 2. The third kappa shape index (κ3) is 2.43. The first-order chi connectivity index (χ1) is 8.09. The number of carbonyl (C=O) groups is 2. The van der Waals surface area contributed by atoms with E-state index in [1.165, 1.54) is 0 Å². The second kappa shape index (κ2) is 4.77. The fourth-order valence-corrected chi connectivity index (χ4v) is 1.75.